The van der Waals surface area contributed by atoms with E-state index in [4.69, 9.17) is 23.2 Å². The number of carbonyl (C=O) groups excluding carboxylic acids is 1. The number of aryl methyl sites for hydroxylation is 1. The van der Waals surface area contributed by atoms with Crippen LogP contribution in [0.5, 0.6) is 17.2 Å². The number of anilines is 1. The van der Waals surface area contributed by atoms with E-state index in [2.05, 4.69) is 10.5 Å². The molecule has 2 aromatic heterocycles. The van der Waals surface area contributed by atoms with Crippen molar-refractivity contribution >= 4 is 28.3 Å². The Morgan fingerprint density at radius 3 is 2.55 bits per heavy atom. The van der Waals surface area contributed by atoms with Crippen molar-refractivity contribution in [2.24, 2.45) is 0 Å². The molecule has 8 heteroatoms. The first-order chi connectivity index (χ1) is 16.0. The molecule has 8 nitrogen and oxygen atoms in total. The van der Waals surface area contributed by atoms with Crippen LogP contribution in [-0.4, -0.2) is 32.4 Å². The van der Waals surface area contributed by atoms with Crippen molar-refractivity contribution in [3.63, 3.8) is 0 Å². The molecule has 0 spiro atoms. The summed E-state index contributed by atoms with van der Waals surface area (Å²) in [6.45, 7) is 3.76. The Balaban J connectivity index is 1.85. The summed E-state index contributed by atoms with van der Waals surface area (Å²) >= 11 is 0. The van der Waals surface area contributed by atoms with Crippen molar-refractivity contribution in [3.05, 3.63) is 60.1 Å². The minimum atomic E-state index is -0.330. The summed E-state index contributed by atoms with van der Waals surface area (Å²) in [7, 11) is 4.83. The summed E-state index contributed by atoms with van der Waals surface area (Å²) in [5, 5.41) is 7.22. The van der Waals surface area contributed by atoms with Gasteiger partial charge in [0, 0.05) is 39.8 Å². The van der Waals surface area contributed by atoms with Gasteiger partial charge in [0.1, 0.15) is 29.1 Å². The van der Waals surface area contributed by atoms with Crippen molar-refractivity contribution in [1.29, 1.82) is 0 Å². The van der Waals surface area contributed by atoms with Gasteiger partial charge in [0.2, 0.25) is 5.91 Å². The number of benzene rings is 2. The number of carbonyl (C=O) groups is 1. The molecule has 0 bridgehead atoms. The molecule has 2 aromatic carbocycles. The first kappa shape index (κ1) is 22.0. The minimum absolute atomic E-state index is 0.330. The molecule has 0 aliphatic rings. The van der Waals surface area contributed by atoms with E-state index in [1.807, 2.05) is 38.1 Å². The third-order valence-corrected chi connectivity index (χ3v) is 5.41. The highest BCUT2D eigenvalue weighted by molar-refractivity contribution is 6.05. The second-order valence-electron chi connectivity index (χ2n) is 7.38. The maximum absolute atomic E-state index is 12.5. The lowest BCUT2D eigenvalue weighted by atomic mass is 9.96. The number of nitrogens with zero attached hydrogens (tertiary/aromatic N) is 1. The first-order valence-corrected chi connectivity index (χ1v) is 10.2. The van der Waals surface area contributed by atoms with Gasteiger partial charge in [0.15, 0.2) is 5.82 Å². The highest BCUT2D eigenvalue weighted by Crippen LogP contribution is 2.43. The summed E-state index contributed by atoms with van der Waals surface area (Å²) in [6, 6.07) is 9.11. The molecule has 0 aliphatic carbocycles. The average Bonchev–Trinajstić information content (AvgIpc) is 3.48. The summed E-state index contributed by atoms with van der Waals surface area (Å²) in [4.78, 5) is 12.5. The van der Waals surface area contributed by atoms with E-state index in [1.165, 1.54) is 12.3 Å². The molecule has 0 radical (unpaired) electrons. The zero-order valence-electron chi connectivity index (χ0n) is 19.0. The molecule has 4 rings (SSSR count). The van der Waals surface area contributed by atoms with Crippen LogP contribution < -0.4 is 19.5 Å². The van der Waals surface area contributed by atoms with Gasteiger partial charge in [-0.25, -0.2) is 0 Å². The quantitative estimate of drug-likeness (QED) is 0.375. The van der Waals surface area contributed by atoms with Gasteiger partial charge in [-0.1, -0.05) is 5.16 Å². The van der Waals surface area contributed by atoms with Crippen LogP contribution in [0.2, 0.25) is 0 Å². The van der Waals surface area contributed by atoms with Gasteiger partial charge in [-0.05, 0) is 43.7 Å². The number of fused-ring (bicyclic) bond motifs is 1. The topological polar surface area (TPSA) is 96.0 Å². The fourth-order valence-corrected chi connectivity index (χ4v) is 3.82. The van der Waals surface area contributed by atoms with E-state index in [0.717, 1.165) is 27.6 Å². The molecule has 4 aromatic rings. The van der Waals surface area contributed by atoms with Gasteiger partial charge in [-0.2, -0.15) is 0 Å². The average molecular weight is 448 g/mol. The molecule has 2 heterocycles. The van der Waals surface area contributed by atoms with Crippen LogP contribution in [0, 0.1) is 6.92 Å². The highest BCUT2D eigenvalue weighted by Gasteiger charge is 2.21. The number of aromatic nitrogens is 1. The fourth-order valence-electron chi connectivity index (χ4n) is 3.82. The number of hydrogen-bond donors (Lipinski definition) is 1. The number of ether oxygens (including phenoxy) is 3. The molecule has 0 saturated carbocycles. The molecule has 0 aliphatic heterocycles. The Hall–Kier alpha value is -4.20. The highest BCUT2D eigenvalue weighted by atomic mass is 16.5. The molecule has 0 unspecified atom stereocenters. The Labute approximate surface area is 190 Å². The lowest BCUT2D eigenvalue weighted by Crippen LogP contribution is -2.09. The second kappa shape index (κ2) is 9.12. The van der Waals surface area contributed by atoms with E-state index in [9.17, 15) is 4.79 Å². The van der Waals surface area contributed by atoms with Gasteiger partial charge in [0.05, 0.1) is 27.6 Å². The van der Waals surface area contributed by atoms with Crippen LogP contribution in [0.3, 0.4) is 0 Å². The zero-order chi connectivity index (χ0) is 23.5. The molecule has 0 atom stereocenters. The van der Waals surface area contributed by atoms with Crippen LogP contribution in [0.15, 0.2) is 57.9 Å². The number of hydrogen-bond acceptors (Lipinski definition) is 7. The number of nitrogens with one attached hydrogen (secondary N) is 1. The van der Waals surface area contributed by atoms with Gasteiger partial charge in [0.25, 0.3) is 0 Å². The van der Waals surface area contributed by atoms with Crippen molar-refractivity contribution < 1.29 is 27.9 Å². The summed E-state index contributed by atoms with van der Waals surface area (Å²) < 4.78 is 27.4. The molecular weight excluding hydrogens is 424 g/mol. The fraction of sp³-hybridized carbons (Fsp3) is 0.200. The normalized spacial score (nSPS) is 11.5. The predicted octanol–water partition coefficient (Wildman–Crippen LogP) is 5.46. The summed E-state index contributed by atoms with van der Waals surface area (Å²) in [5.41, 5.74) is 4.66. The molecule has 170 valence electrons. The lowest BCUT2D eigenvalue weighted by Gasteiger charge is -2.14. The first-order valence-electron chi connectivity index (χ1n) is 10.2. The smallest absolute Gasteiger partial charge is 0.249 e. The lowest BCUT2D eigenvalue weighted by molar-refractivity contribution is -0.111. The monoisotopic (exact) mass is 448 g/mol. The van der Waals surface area contributed by atoms with E-state index < -0.39 is 0 Å². The minimum Gasteiger partial charge on any atom is -0.497 e. The number of rotatable bonds is 7. The third-order valence-electron chi connectivity index (χ3n) is 5.41. The predicted molar refractivity (Wildman–Crippen MR) is 125 cm³/mol. The Morgan fingerprint density at radius 1 is 1.06 bits per heavy atom. The van der Waals surface area contributed by atoms with E-state index >= 15 is 0 Å². The molecule has 0 saturated heterocycles. The Bertz CT molecular complexity index is 1330. The molecular formula is C25H24N2O6. The standard InChI is InChI=1S/C25H24N2O6/c1-14(10-23(28)26-22-8-9-33-27-22)17-12-19-20(13-32-25(19)15(2)24(17)31-5)18-11-16(29-3)6-7-21(18)30-4/h6-13H,1-5H3,(H,26,27,28)/b14-10+. The van der Waals surface area contributed by atoms with Gasteiger partial charge >= 0.3 is 0 Å². The Morgan fingerprint density at radius 2 is 1.88 bits per heavy atom. The third kappa shape index (κ3) is 4.15. The number of allylic oxidation sites excluding steroid dienone is 1. The summed E-state index contributed by atoms with van der Waals surface area (Å²) in [6.07, 6.45) is 4.57. The molecule has 33 heavy (non-hydrogen) atoms. The maximum Gasteiger partial charge on any atom is 0.249 e. The van der Waals surface area contributed by atoms with Gasteiger partial charge in [-0.3, -0.25) is 4.79 Å². The van der Waals surface area contributed by atoms with Crippen molar-refractivity contribution in [2.75, 3.05) is 26.6 Å². The van der Waals surface area contributed by atoms with Crippen LogP contribution in [0.1, 0.15) is 18.1 Å². The summed E-state index contributed by atoms with van der Waals surface area (Å²) in [5.74, 6) is 2.02. The van der Waals surface area contributed by atoms with E-state index in [0.29, 0.717) is 34.2 Å². The van der Waals surface area contributed by atoms with E-state index in [1.54, 1.807) is 33.7 Å². The van der Waals surface area contributed by atoms with E-state index in [-0.39, 0.29) is 5.91 Å². The van der Waals surface area contributed by atoms with Crippen molar-refractivity contribution in [3.8, 4) is 28.4 Å². The SMILES string of the molecule is COc1ccc(OC)c(-c2coc3c(C)c(OC)c(/C(C)=C/C(=O)Nc4ccon4)cc23)c1. The van der Waals surface area contributed by atoms with Crippen molar-refractivity contribution in [1.82, 2.24) is 5.16 Å². The zero-order valence-corrected chi connectivity index (χ0v) is 19.0. The number of furan rings is 1. The Kier molecular flexibility index (Phi) is 6.08. The maximum atomic E-state index is 12.5. The number of amides is 1. The van der Waals surface area contributed by atoms with Crippen LogP contribution in [0.4, 0.5) is 5.82 Å². The second-order valence-corrected chi connectivity index (χ2v) is 7.38. The number of methoxy groups -OCH3 is 3. The largest absolute Gasteiger partial charge is 0.497 e. The van der Waals surface area contributed by atoms with Crippen LogP contribution in [-0.2, 0) is 4.79 Å². The molecule has 1 N–H and O–H groups in total. The van der Waals surface area contributed by atoms with Gasteiger partial charge < -0.3 is 28.5 Å². The van der Waals surface area contributed by atoms with Crippen molar-refractivity contribution in [2.45, 2.75) is 13.8 Å². The van der Waals surface area contributed by atoms with Gasteiger partial charge in [-0.15, -0.1) is 0 Å². The molecule has 0 fully saturated rings. The van der Waals surface area contributed by atoms with Crippen LogP contribution >= 0.6 is 0 Å². The van der Waals surface area contributed by atoms with Crippen LogP contribution in [0.25, 0.3) is 27.7 Å². The molecule has 1 amide bonds.